The summed E-state index contributed by atoms with van der Waals surface area (Å²) in [6.45, 7) is 2.13. The van der Waals surface area contributed by atoms with Gasteiger partial charge in [-0.3, -0.25) is 0 Å². The van der Waals surface area contributed by atoms with E-state index in [9.17, 15) is 0 Å². The van der Waals surface area contributed by atoms with Gasteiger partial charge in [0, 0.05) is 22.9 Å². The van der Waals surface area contributed by atoms with Crippen LogP contribution in [0.1, 0.15) is 31.2 Å². The molecule has 0 aliphatic heterocycles. The van der Waals surface area contributed by atoms with E-state index < -0.39 is 0 Å². The molecule has 0 saturated heterocycles. The van der Waals surface area contributed by atoms with E-state index in [0.29, 0.717) is 11.4 Å². The van der Waals surface area contributed by atoms with Gasteiger partial charge >= 0.3 is 0 Å². The van der Waals surface area contributed by atoms with Gasteiger partial charge in [-0.05, 0) is 56.4 Å². The van der Waals surface area contributed by atoms with Crippen molar-refractivity contribution in [2.75, 3.05) is 12.8 Å². The predicted octanol–water partition coefficient (Wildman–Crippen LogP) is 3.63. The summed E-state index contributed by atoms with van der Waals surface area (Å²) < 4.78 is 5.48. The highest BCUT2D eigenvalue weighted by atomic mass is 32.2. The standard InChI is InChI=1S/C14H21NOS/c1-10-8-11(15)6-7-14(10)17-13-5-3-4-12(9-13)16-2/h6-8,12-13H,3-5,9,15H2,1-2H3. The molecule has 2 atom stereocenters. The summed E-state index contributed by atoms with van der Waals surface area (Å²) in [6.07, 6.45) is 5.42. The van der Waals surface area contributed by atoms with Crippen LogP contribution >= 0.6 is 11.8 Å². The number of ether oxygens (including phenoxy) is 1. The van der Waals surface area contributed by atoms with Crippen molar-refractivity contribution in [2.24, 2.45) is 0 Å². The maximum atomic E-state index is 5.77. The first-order valence-corrected chi connectivity index (χ1v) is 7.12. The van der Waals surface area contributed by atoms with Crippen LogP contribution in [0.3, 0.4) is 0 Å². The fourth-order valence-corrected chi connectivity index (χ4v) is 3.75. The fraction of sp³-hybridized carbons (Fsp3) is 0.571. The predicted molar refractivity (Wildman–Crippen MR) is 74.5 cm³/mol. The first kappa shape index (κ1) is 12.8. The number of hydrogen-bond acceptors (Lipinski definition) is 3. The van der Waals surface area contributed by atoms with E-state index in [1.807, 2.05) is 24.9 Å². The molecule has 2 rings (SSSR count). The number of hydrogen-bond donors (Lipinski definition) is 1. The smallest absolute Gasteiger partial charge is 0.0582 e. The minimum atomic E-state index is 0.454. The molecule has 1 saturated carbocycles. The van der Waals surface area contributed by atoms with Crippen LogP contribution in [-0.2, 0) is 4.74 Å². The third-order valence-corrected chi connectivity index (χ3v) is 4.88. The molecule has 2 nitrogen and oxygen atoms in total. The lowest BCUT2D eigenvalue weighted by atomic mass is 9.97. The number of benzene rings is 1. The van der Waals surface area contributed by atoms with Crippen molar-refractivity contribution < 1.29 is 4.74 Å². The maximum Gasteiger partial charge on any atom is 0.0582 e. The zero-order valence-corrected chi connectivity index (χ0v) is 11.4. The summed E-state index contributed by atoms with van der Waals surface area (Å²) in [4.78, 5) is 1.36. The third kappa shape index (κ3) is 3.39. The van der Waals surface area contributed by atoms with E-state index in [0.717, 1.165) is 5.69 Å². The highest BCUT2D eigenvalue weighted by Gasteiger charge is 2.22. The monoisotopic (exact) mass is 251 g/mol. The summed E-state index contributed by atoms with van der Waals surface area (Å²) in [5.74, 6) is 0. The zero-order chi connectivity index (χ0) is 12.3. The molecule has 0 radical (unpaired) electrons. The molecule has 3 heteroatoms. The molecule has 1 aromatic carbocycles. The van der Waals surface area contributed by atoms with Crippen LogP contribution in [0, 0.1) is 6.92 Å². The molecule has 1 aliphatic rings. The Morgan fingerprint density at radius 1 is 1.35 bits per heavy atom. The molecule has 0 heterocycles. The minimum Gasteiger partial charge on any atom is -0.399 e. The van der Waals surface area contributed by atoms with E-state index in [1.54, 1.807) is 0 Å². The Kier molecular flexibility index (Phi) is 4.35. The second kappa shape index (κ2) is 5.78. The molecular formula is C14H21NOS. The number of nitrogen functional groups attached to an aromatic ring is 1. The summed E-state index contributed by atoms with van der Waals surface area (Å²) in [5, 5.41) is 0.691. The molecule has 0 spiro atoms. The van der Waals surface area contributed by atoms with Crippen LogP contribution in [0.5, 0.6) is 0 Å². The molecule has 94 valence electrons. The fourth-order valence-electron chi connectivity index (χ4n) is 2.41. The van der Waals surface area contributed by atoms with Crippen LogP contribution in [0.2, 0.25) is 0 Å². The summed E-state index contributed by atoms with van der Waals surface area (Å²) >= 11 is 1.98. The second-order valence-electron chi connectivity index (χ2n) is 4.79. The molecule has 1 aromatic rings. The molecule has 0 aromatic heterocycles. The summed E-state index contributed by atoms with van der Waals surface area (Å²) in [7, 11) is 1.83. The Labute approximate surface area is 108 Å². The van der Waals surface area contributed by atoms with Crippen LogP contribution < -0.4 is 5.73 Å². The van der Waals surface area contributed by atoms with Gasteiger partial charge in [0.25, 0.3) is 0 Å². The lowest BCUT2D eigenvalue weighted by molar-refractivity contribution is 0.0730. The molecule has 17 heavy (non-hydrogen) atoms. The topological polar surface area (TPSA) is 35.2 Å². The molecule has 1 fully saturated rings. The quantitative estimate of drug-likeness (QED) is 0.833. The van der Waals surface area contributed by atoms with Crippen molar-refractivity contribution in [2.45, 2.75) is 48.9 Å². The Hall–Kier alpha value is -0.670. The van der Waals surface area contributed by atoms with Gasteiger partial charge in [-0.25, -0.2) is 0 Å². The van der Waals surface area contributed by atoms with Crippen molar-refractivity contribution in [1.82, 2.24) is 0 Å². The Balaban J connectivity index is 2.00. The van der Waals surface area contributed by atoms with Crippen molar-refractivity contribution in [3.05, 3.63) is 23.8 Å². The summed E-state index contributed by atoms with van der Waals surface area (Å²) in [5.41, 5.74) is 7.91. The number of anilines is 1. The average Bonchev–Trinajstić information content (AvgIpc) is 2.33. The number of methoxy groups -OCH3 is 1. The molecule has 0 amide bonds. The van der Waals surface area contributed by atoms with Crippen LogP contribution in [0.4, 0.5) is 5.69 Å². The highest BCUT2D eigenvalue weighted by molar-refractivity contribution is 8.00. The first-order valence-electron chi connectivity index (χ1n) is 6.24. The van der Waals surface area contributed by atoms with Crippen LogP contribution in [0.15, 0.2) is 23.1 Å². The molecule has 1 aliphatic carbocycles. The van der Waals surface area contributed by atoms with Gasteiger partial charge in [0.1, 0.15) is 0 Å². The van der Waals surface area contributed by atoms with E-state index in [2.05, 4.69) is 19.1 Å². The Bertz CT molecular complexity index is 380. The van der Waals surface area contributed by atoms with Gasteiger partial charge in [-0.2, -0.15) is 0 Å². The third-order valence-electron chi connectivity index (χ3n) is 3.40. The number of nitrogens with two attached hydrogens (primary N) is 1. The van der Waals surface area contributed by atoms with Crippen molar-refractivity contribution >= 4 is 17.4 Å². The van der Waals surface area contributed by atoms with Gasteiger partial charge in [0.2, 0.25) is 0 Å². The minimum absolute atomic E-state index is 0.454. The Morgan fingerprint density at radius 2 is 2.18 bits per heavy atom. The van der Waals surface area contributed by atoms with Crippen LogP contribution in [-0.4, -0.2) is 18.5 Å². The van der Waals surface area contributed by atoms with E-state index in [-0.39, 0.29) is 0 Å². The van der Waals surface area contributed by atoms with Crippen molar-refractivity contribution in [1.29, 1.82) is 0 Å². The second-order valence-corrected chi connectivity index (χ2v) is 6.13. The lowest BCUT2D eigenvalue weighted by Gasteiger charge is -2.28. The van der Waals surface area contributed by atoms with Crippen LogP contribution in [0.25, 0.3) is 0 Å². The van der Waals surface area contributed by atoms with Gasteiger partial charge in [0.05, 0.1) is 6.10 Å². The van der Waals surface area contributed by atoms with E-state index in [1.165, 1.54) is 36.1 Å². The SMILES string of the molecule is COC1CCCC(Sc2ccc(N)cc2C)C1. The summed E-state index contributed by atoms with van der Waals surface area (Å²) in [6, 6.07) is 6.19. The zero-order valence-electron chi connectivity index (χ0n) is 10.6. The van der Waals surface area contributed by atoms with Crippen molar-refractivity contribution in [3.63, 3.8) is 0 Å². The normalized spacial score (nSPS) is 24.8. The van der Waals surface area contributed by atoms with Gasteiger partial charge < -0.3 is 10.5 Å². The molecule has 2 N–H and O–H groups in total. The largest absolute Gasteiger partial charge is 0.399 e. The number of rotatable bonds is 3. The highest BCUT2D eigenvalue weighted by Crippen LogP contribution is 2.36. The van der Waals surface area contributed by atoms with Gasteiger partial charge in [-0.15, -0.1) is 11.8 Å². The number of aryl methyl sites for hydroxylation is 1. The number of thioether (sulfide) groups is 1. The average molecular weight is 251 g/mol. The Morgan fingerprint density at radius 3 is 2.88 bits per heavy atom. The maximum absolute atomic E-state index is 5.77. The van der Waals surface area contributed by atoms with Gasteiger partial charge in [-0.1, -0.05) is 0 Å². The first-order chi connectivity index (χ1) is 8.19. The van der Waals surface area contributed by atoms with Gasteiger partial charge in [0.15, 0.2) is 0 Å². The van der Waals surface area contributed by atoms with E-state index >= 15 is 0 Å². The molecule has 0 bridgehead atoms. The molecular weight excluding hydrogens is 230 g/mol. The lowest BCUT2D eigenvalue weighted by Crippen LogP contribution is -2.23. The van der Waals surface area contributed by atoms with E-state index in [4.69, 9.17) is 10.5 Å². The molecule has 2 unspecified atom stereocenters. The van der Waals surface area contributed by atoms with Crippen molar-refractivity contribution in [3.8, 4) is 0 Å².